The molecule has 2 heteroatoms. The molecular formula is C26H31NO. The molecule has 2 unspecified atom stereocenters. The van der Waals surface area contributed by atoms with E-state index < -0.39 is 0 Å². The van der Waals surface area contributed by atoms with Gasteiger partial charge in [-0.25, -0.2) is 0 Å². The summed E-state index contributed by atoms with van der Waals surface area (Å²) in [5, 5.41) is 0. The Bertz CT molecular complexity index is 805. The molecule has 2 bridgehead atoms. The molecule has 2 aromatic carbocycles. The molecule has 2 nitrogen and oxygen atoms in total. The van der Waals surface area contributed by atoms with Crippen LogP contribution in [0.1, 0.15) is 66.2 Å². The number of benzene rings is 2. The number of fused-ring (bicyclic) bond motifs is 3. The van der Waals surface area contributed by atoms with Crippen molar-refractivity contribution in [3.05, 3.63) is 70.8 Å². The summed E-state index contributed by atoms with van der Waals surface area (Å²) in [7, 11) is 0. The van der Waals surface area contributed by atoms with Gasteiger partial charge in [-0.2, -0.15) is 0 Å². The second-order valence-electron chi connectivity index (χ2n) is 9.53. The fraction of sp³-hybridized carbons (Fsp3) is 0.500. The molecule has 3 saturated carbocycles. The Morgan fingerprint density at radius 2 is 1.25 bits per heavy atom. The van der Waals surface area contributed by atoms with Crippen molar-refractivity contribution in [2.45, 2.75) is 63.3 Å². The monoisotopic (exact) mass is 373 g/mol. The maximum Gasteiger partial charge on any atom is 0.139 e. The Balaban J connectivity index is 1.59. The van der Waals surface area contributed by atoms with E-state index in [1.165, 1.54) is 48.2 Å². The second kappa shape index (κ2) is 6.84. The quantitative estimate of drug-likeness (QED) is 0.719. The van der Waals surface area contributed by atoms with Crippen molar-refractivity contribution in [1.82, 2.24) is 4.90 Å². The van der Waals surface area contributed by atoms with Crippen molar-refractivity contribution in [3.8, 4) is 0 Å². The average molecular weight is 374 g/mol. The summed E-state index contributed by atoms with van der Waals surface area (Å²) in [5.74, 6) is 1.33. The lowest BCUT2D eigenvalue weighted by Crippen LogP contribution is -2.60. The summed E-state index contributed by atoms with van der Waals surface area (Å²) in [5.41, 5.74) is 5.38. The lowest BCUT2D eigenvalue weighted by atomic mass is 9.52. The number of ketones is 1. The van der Waals surface area contributed by atoms with Crippen molar-refractivity contribution in [1.29, 1.82) is 0 Å². The van der Waals surface area contributed by atoms with Crippen LogP contribution in [-0.4, -0.2) is 29.3 Å². The number of carbonyl (C=O) groups is 1. The molecule has 146 valence electrons. The van der Waals surface area contributed by atoms with Gasteiger partial charge in [-0.15, -0.1) is 0 Å². The third kappa shape index (κ3) is 2.93. The number of Topliss-reactive ketones (excluding diaryl/α,β-unsaturated/α-hetero) is 1. The second-order valence-corrected chi connectivity index (χ2v) is 9.53. The van der Waals surface area contributed by atoms with Gasteiger partial charge in [0.25, 0.3) is 0 Å². The van der Waals surface area contributed by atoms with Gasteiger partial charge in [-0.1, -0.05) is 59.7 Å². The molecule has 2 atom stereocenters. The van der Waals surface area contributed by atoms with Crippen LogP contribution in [0.15, 0.2) is 48.5 Å². The molecule has 28 heavy (non-hydrogen) atoms. The first-order valence-corrected chi connectivity index (χ1v) is 11.0. The Morgan fingerprint density at radius 1 is 0.786 bits per heavy atom. The Kier molecular flexibility index (Phi) is 4.43. The summed E-state index contributed by atoms with van der Waals surface area (Å²) in [6.07, 6.45) is 5.62. The lowest BCUT2D eigenvalue weighted by molar-refractivity contribution is -0.139. The predicted octanol–water partition coefficient (Wildman–Crippen LogP) is 5.39. The van der Waals surface area contributed by atoms with Gasteiger partial charge in [0.15, 0.2) is 0 Å². The number of rotatable bonds is 3. The van der Waals surface area contributed by atoms with Crippen LogP contribution in [0, 0.1) is 19.8 Å². The maximum atomic E-state index is 13.5. The highest BCUT2D eigenvalue weighted by molar-refractivity contribution is 5.87. The van der Waals surface area contributed by atoms with E-state index in [-0.39, 0.29) is 11.5 Å². The van der Waals surface area contributed by atoms with Crippen LogP contribution in [-0.2, 0) is 4.79 Å². The molecule has 0 spiro atoms. The molecule has 0 N–H and O–H groups in total. The summed E-state index contributed by atoms with van der Waals surface area (Å²) in [6, 6.07) is 18.0. The molecule has 6 rings (SSSR count). The highest BCUT2D eigenvalue weighted by Gasteiger charge is 2.57. The standard InChI is InChI=1S/C26H31NO/c1-18-5-9-20(10-6-18)22-15-26(27-13-3-4-14-27)16-23(25(22)24(28)17-26)21-11-7-19(2)8-12-21/h5-12,22-23,25H,3-4,13-17H2,1-2H3. The third-order valence-electron chi connectivity index (χ3n) is 7.73. The first kappa shape index (κ1) is 18.1. The van der Waals surface area contributed by atoms with Crippen LogP contribution >= 0.6 is 0 Å². The molecule has 1 saturated heterocycles. The van der Waals surface area contributed by atoms with E-state index in [4.69, 9.17) is 0 Å². The molecule has 0 amide bonds. The number of aryl methyl sites for hydroxylation is 2. The number of hydrogen-bond acceptors (Lipinski definition) is 2. The van der Waals surface area contributed by atoms with E-state index in [1.54, 1.807) is 0 Å². The Hall–Kier alpha value is -1.93. The zero-order chi connectivity index (χ0) is 19.3. The molecule has 4 fully saturated rings. The highest BCUT2D eigenvalue weighted by Crippen LogP contribution is 2.58. The van der Waals surface area contributed by atoms with Gasteiger partial charge in [0, 0.05) is 17.9 Å². The van der Waals surface area contributed by atoms with Crippen LogP contribution in [0.5, 0.6) is 0 Å². The van der Waals surface area contributed by atoms with Gasteiger partial charge in [0.2, 0.25) is 0 Å². The van der Waals surface area contributed by atoms with Gasteiger partial charge in [0.1, 0.15) is 5.78 Å². The van der Waals surface area contributed by atoms with Crippen molar-refractivity contribution in [3.63, 3.8) is 0 Å². The van der Waals surface area contributed by atoms with Crippen molar-refractivity contribution in [2.24, 2.45) is 5.92 Å². The molecule has 0 radical (unpaired) electrons. The minimum atomic E-state index is 0.0629. The molecule has 2 aromatic rings. The van der Waals surface area contributed by atoms with E-state index in [0.717, 1.165) is 19.3 Å². The van der Waals surface area contributed by atoms with Crippen LogP contribution < -0.4 is 0 Å². The molecule has 0 aromatic heterocycles. The zero-order valence-corrected chi connectivity index (χ0v) is 17.2. The third-order valence-corrected chi connectivity index (χ3v) is 7.73. The molecule has 3 aliphatic carbocycles. The van der Waals surface area contributed by atoms with Crippen LogP contribution in [0.25, 0.3) is 0 Å². The van der Waals surface area contributed by atoms with Gasteiger partial charge < -0.3 is 0 Å². The van der Waals surface area contributed by atoms with Crippen LogP contribution in [0.2, 0.25) is 0 Å². The van der Waals surface area contributed by atoms with E-state index in [1.807, 2.05) is 0 Å². The highest BCUT2D eigenvalue weighted by atomic mass is 16.1. The van der Waals surface area contributed by atoms with Gasteiger partial charge in [-0.05, 0) is 75.6 Å². The summed E-state index contributed by atoms with van der Waals surface area (Å²) < 4.78 is 0. The average Bonchev–Trinajstić information content (AvgIpc) is 3.24. The van der Waals surface area contributed by atoms with Crippen molar-refractivity contribution >= 4 is 5.78 Å². The van der Waals surface area contributed by atoms with Crippen LogP contribution in [0.4, 0.5) is 0 Å². The molecule has 1 aliphatic heterocycles. The lowest BCUT2D eigenvalue weighted by Gasteiger charge is -2.57. The first-order chi connectivity index (χ1) is 13.6. The van der Waals surface area contributed by atoms with Gasteiger partial charge in [0.05, 0.1) is 0 Å². The topological polar surface area (TPSA) is 20.3 Å². The summed E-state index contributed by atoms with van der Waals surface area (Å²) >= 11 is 0. The summed E-state index contributed by atoms with van der Waals surface area (Å²) in [6.45, 7) is 6.62. The Labute approximate surface area is 169 Å². The molecule has 1 heterocycles. The molecule has 4 aliphatic rings. The van der Waals surface area contributed by atoms with E-state index in [2.05, 4.69) is 67.3 Å². The normalized spacial score (nSPS) is 32.8. The largest absolute Gasteiger partial charge is 0.299 e. The Morgan fingerprint density at radius 3 is 1.71 bits per heavy atom. The van der Waals surface area contributed by atoms with Crippen molar-refractivity contribution in [2.75, 3.05) is 13.1 Å². The van der Waals surface area contributed by atoms with E-state index in [0.29, 0.717) is 17.6 Å². The van der Waals surface area contributed by atoms with Gasteiger partial charge in [-0.3, -0.25) is 9.69 Å². The fourth-order valence-corrected chi connectivity index (χ4v) is 6.31. The SMILES string of the molecule is Cc1ccc(C2CC3(N4CCCC4)CC(=O)C2C(c2ccc(C)cc2)C3)cc1. The van der Waals surface area contributed by atoms with Gasteiger partial charge >= 0.3 is 0 Å². The van der Waals surface area contributed by atoms with E-state index in [9.17, 15) is 4.79 Å². The molecular weight excluding hydrogens is 342 g/mol. The van der Waals surface area contributed by atoms with Crippen molar-refractivity contribution < 1.29 is 4.79 Å². The van der Waals surface area contributed by atoms with E-state index >= 15 is 0 Å². The number of hydrogen-bond donors (Lipinski definition) is 0. The van der Waals surface area contributed by atoms with Crippen LogP contribution in [0.3, 0.4) is 0 Å². The number of likely N-dealkylation sites (tertiary alicyclic amines) is 1. The minimum Gasteiger partial charge on any atom is -0.299 e. The predicted molar refractivity (Wildman–Crippen MR) is 114 cm³/mol. The minimum absolute atomic E-state index is 0.0629. The maximum absolute atomic E-state index is 13.5. The summed E-state index contributed by atoms with van der Waals surface area (Å²) in [4.78, 5) is 16.2. The smallest absolute Gasteiger partial charge is 0.139 e. The first-order valence-electron chi connectivity index (χ1n) is 11.0. The number of nitrogens with zero attached hydrogens (tertiary/aromatic N) is 1. The fourth-order valence-electron chi connectivity index (χ4n) is 6.31. The number of carbonyl (C=O) groups excluding carboxylic acids is 1. The zero-order valence-electron chi connectivity index (χ0n) is 17.2.